The molecule has 0 radical (unpaired) electrons. The Balaban J connectivity index is 2.32. The smallest absolute Gasteiger partial charge is 0.266 e. The minimum atomic E-state index is -0.475. The van der Waals surface area contributed by atoms with Gasteiger partial charge in [0.05, 0.1) is 11.6 Å². The van der Waals surface area contributed by atoms with Crippen molar-refractivity contribution in [2.75, 3.05) is 19.0 Å². The molecule has 0 aliphatic heterocycles. The number of rotatable bonds is 7. The highest BCUT2D eigenvalue weighted by atomic mass is 79.9. The first kappa shape index (κ1) is 21.3. The number of nitriles is 1. The van der Waals surface area contributed by atoms with E-state index in [4.69, 9.17) is 9.47 Å². The Morgan fingerprint density at radius 2 is 2.07 bits per heavy atom. The maximum absolute atomic E-state index is 12.6. The van der Waals surface area contributed by atoms with Crippen molar-refractivity contribution in [3.8, 4) is 17.6 Å². The van der Waals surface area contributed by atoms with Gasteiger partial charge in [-0.05, 0) is 65.2 Å². The average Bonchev–Trinajstić information content (AvgIpc) is 2.66. The number of anilines is 1. The van der Waals surface area contributed by atoms with Gasteiger partial charge in [-0.2, -0.15) is 5.26 Å². The Morgan fingerprint density at radius 1 is 1.32 bits per heavy atom. The quantitative estimate of drug-likeness (QED) is 0.365. The number of hydrogen-bond acceptors (Lipinski definition) is 4. The molecule has 0 unspecified atom stereocenters. The van der Waals surface area contributed by atoms with Gasteiger partial charge in [0.15, 0.2) is 11.5 Å². The molecule has 0 aromatic heterocycles. The van der Waals surface area contributed by atoms with Crippen molar-refractivity contribution < 1.29 is 14.3 Å². The monoisotopic (exact) mass is 440 g/mol. The highest BCUT2D eigenvalue weighted by Gasteiger charge is 2.14. The van der Waals surface area contributed by atoms with Crippen molar-refractivity contribution in [2.24, 2.45) is 0 Å². The van der Waals surface area contributed by atoms with Crippen molar-refractivity contribution in [2.45, 2.75) is 13.8 Å². The third-order valence-corrected chi connectivity index (χ3v) is 4.49. The fourth-order valence-corrected chi connectivity index (χ4v) is 3.14. The summed E-state index contributed by atoms with van der Waals surface area (Å²) in [7, 11) is 1.52. The number of ether oxygens (including phenoxy) is 2. The first-order valence-corrected chi connectivity index (χ1v) is 9.30. The summed E-state index contributed by atoms with van der Waals surface area (Å²) in [5.41, 5.74) is 3.31. The van der Waals surface area contributed by atoms with E-state index in [-0.39, 0.29) is 5.57 Å². The van der Waals surface area contributed by atoms with Crippen LogP contribution < -0.4 is 14.8 Å². The molecule has 0 aliphatic carbocycles. The maximum Gasteiger partial charge on any atom is 0.266 e. The van der Waals surface area contributed by atoms with Gasteiger partial charge in [-0.15, -0.1) is 0 Å². The molecule has 144 valence electrons. The SMILES string of the molecule is C=CCOc1c(Br)cc(/C=C(\C#N)C(=O)Nc2ccc(C)cc2C)cc1OC. The molecule has 1 N–H and O–H groups in total. The normalized spacial score (nSPS) is 10.8. The fourth-order valence-electron chi connectivity index (χ4n) is 2.56. The molecule has 0 heterocycles. The summed E-state index contributed by atoms with van der Waals surface area (Å²) in [6.45, 7) is 7.83. The molecule has 0 bridgehead atoms. The lowest BCUT2D eigenvalue weighted by atomic mass is 10.1. The van der Waals surface area contributed by atoms with E-state index in [9.17, 15) is 10.1 Å². The molecule has 6 heteroatoms. The van der Waals surface area contributed by atoms with Gasteiger partial charge in [0, 0.05) is 5.69 Å². The van der Waals surface area contributed by atoms with Crippen LogP contribution in [0.1, 0.15) is 16.7 Å². The lowest BCUT2D eigenvalue weighted by molar-refractivity contribution is -0.112. The summed E-state index contributed by atoms with van der Waals surface area (Å²) in [6.07, 6.45) is 3.13. The topological polar surface area (TPSA) is 71.3 Å². The van der Waals surface area contributed by atoms with Crippen LogP contribution in [0.2, 0.25) is 0 Å². The number of hydrogen-bond donors (Lipinski definition) is 1. The van der Waals surface area contributed by atoms with Crippen LogP contribution in [0, 0.1) is 25.2 Å². The summed E-state index contributed by atoms with van der Waals surface area (Å²) in [5, 5.41) is 12.2. The van der Waals surface area contributed by atoms with Gasteiger partial charge in [0.2, 0.25) is 0 Å². The van der Waals surface area contributed by atoms with Gasteiger partial charge >= 0.3 is 0 Å². The lowest BCUT2D eigenvalue weighted by Crippen LogP contribution is -2.14. The average molecular weight is 441 g/mol. The van der Waals surface area contributed by atoms with Gasteiger partial charge in [-0.25, -0.2) is 0 Å². The minimum Gasteiger partial charge on any atom is -0.493 e. The van der Waals surface area contributed by atoms with Gasteiger partial charge in [0.25, 0.3) is 5.91 Å². The van der Waals surface area contributed by atoms with E-state index in [0.717, 1.165) is 11.1 Å². The number of carbonyl (C=O) groups is 1. The van der Waals surface area contributed by atoms with Crippen molar-refractivity contribution in [3.63, 3.8) is 0 Å². The maximum atomic E-state index is 12.6. The molecule has 0 fully saturated rings. The molecule has 0 saturated heterocycles. The first-order chi connectivity index (χ1) is 13.4. The van der Waals surface area contributed by atoms with E-state index in [2.05, 4.69) is 27.8 Å². The summed E-state index contributed by atoms with van der Waals surface area (Å²) in [4.78, 5) is 12.6. The van der Waals surface area contributed by atoms with Gasteiger partial charge in [-0.3, -0.25) is 4.79 Å². The molecule has 28 heavy (non-hydrogen) atoms. The predicted octanol–water partition coefficient (Wildman–Crippen LogP) is 5.19. The van der Waals surface area contributed by atoms with Gasteiger partial charge < -0.3 is 14.8 Å². The number of methoxy groups -OCH3 is 1. The van der Waals surface area contributed by atoms with Crippen LogP contribution >= 0.6 is 15.9 Å². The van der Waals surface area contributed by atoms with E-state index < -0.39 is 5.91 Å². The van der Waals surface area contributed by atoms with Crippen LogP contribution in [-0.4, -0.2) is 19.6 Å². The summed E-state index contributed by atoms with van der Waals surface area (Å²) < 4.78 is 11.6. The number of nitrogens with one attached hydrogen (secondary N) is 1. The molecule has 0 atom stereocenters. The molecule has 2 aromatic carbocycles. The third kappa shape index (κ3) is 5.24. The van der Waals surface area contributed by atoms with E-state index in [1.54, 1.807) is 18.2 Å². The van der Waals surface area contributed by atoms with E-state index in [1.165, 1.54) is 13.2 Å². The number of aryl methyl sites for hydroxylation is 2. The molecule has 0 saturated carbocycles. The molecule has 0 spiro atoms. The Labute approximate surface area is 173 Å². The molecule has 2 rings (SSSR count). The Morgan fingerprint density at radius 3 is 2.68 bits per heavy atom. The Hall–Kier alpha value is -3.04. The molecule has 2 aromatic rings. The first-order valence-electron chi connectivity index (χ1n) is 8.51. The highest BCUT2D eigenvalue weighted by molar-refractivity contribution is 9.10. The summed E-state index contributed by atoms with van der Waals surface area (Å²) >= 11 is 3.44. The summed E-state index contributed by atoms with van der Waals surface area (Å²) in [6, 6.07) is 11.1. The second-order valence-corrected chi connectivity index (χ2v) is 6.93. The molecule has 1 amide bonds. The highest BCUT2D eigenvalue weighted by Crippen LogP contribution is 2.37. The van der Waals surface area contributed by atoms with Crippen LogP contribution in [0.3, 0.4) is 0 Å². The largest absolute Gasteiger partial charge is 0.493 e. The van der Waals surface area contributed by atoms with Crippen molar-refractivity contribution in [3.05, 3.63) is 69.7 Å². The van der Waals surface area contributed by atoms with E-state index >= 15 is 0 Å². The van der Waals surface area contributed by atoms with Gasteiger partial charge in [0.1, 0.15) is 18.2 Å². The van der Waals surface area contributed by atoms with E-state index in [1.807, 2.05) is 38.1 Å². The van der Waals surface area contributed by atoms with Gasteiger partial charge in [-0.1, -0.05) is 30.4 Å². The Bertz CT molecular complexity index is 974. The molecule has 5 nitrogen and oxygen atoms in total. The standard InChI is InChI=1S/C22H21BrN2O3/c1-5-8-28-21-18(23)11-16(12-20(21)27-4)10-17(13-24)22(26)25-19-7-6-14(2)9-15(19)3/h5-7,9-12H,1,8H2,2-4H3,(H,25,26)/b17-10+. The van der Waals surface area contributed by atoms with Crippen molar-refractivity contribution in [1.82, 2.24) is 0 Å². The summed E-state index contributed by atoms with van der Waals surface area (Å²) in [5.74, 6) is 0.531. The fraction of sp³-hybridized carbons (Fsp3) is 0.182. The molecular weight excluding hydrogens is 420 g/mol. The second-order valence-electron chi connectivity index (χ2n) is 6.08. The number of amides is 1. The van der Waals surface area contributed by atoms with Crippen LogP contribution in [0.4, 0.5) is 5.69 Å². The molecular formula is C22H21BrN2O3. The van der Waals surface area contributed by atoms with Crippen LogP contribution in [0.15, 0.2) is 53.0 Å². The van der Waals surface area contributed by atoms with Crippen LogP contribution in [-0.2, 0) is 4.79 Å². The zero-order valence-electron chi connectivity index (χ0n) is 16.0. The van der Waals surface area contributed by atoms with Crippen molar-refractivity contribution in [1.29, 1.82) is 5.26 Å². The zero-order valence-corrected chi connectivity index (χ0v) is 17.6. The lowest BCUT2D eigenvalue weighted by Gasteiger charge is -2.12. The van der Waals surface area contributed by atoms with Crippen LogP contribution in [0.5, 0.6) is 11.5 Å². The number of carbonyl (C=O) groups excluding carboxylic acids is 1. The predicted molar refractivity (Wildman–Crippen MR) is 115 cm³/mol. The number of benzene rings is 2. The van der Waals surface area contributed by atoms with Crippen molar-refractivity contribution >= 4 is 33.6 Å². The van der Waals surface area contributed by atoms with E-state index in [0.29, 0.717) is 33.8 Å². The second kappa shape index (κ2) is 9.77. The zero-order chi connectivity index (χ0) is 20.7. The van der Waals surface area contributed by atoms with Crippen LogP contribution in [0.25, 0.3) is 6.08 Å². The minimum absolute atomic E-state index is 0.0197. The Kier molecular flexibility index (Phi) is 7.42. The number of halogens is 1. The third-order valence-electron chi connectivity index (χ3n) is 3.90. The molecule has 0 aliphatic rings. The number of nitrogens with zero attached hydrogens (tertiary/aromatic N) is 1.